The molecule has 0 saturated heterocycles. The summed E-state index contributed by atoms with van der Waals surface area (Å²) in [4.78, 5) is 15.6. The molecule has 1 aromatic carbocycles. The molecule has 2 N–H and O–H groups in total. The molecule has 21 heavy (non-hydrogen) atoms. The Kier molecular flexibility index (Phi) is 4.93. The average Bonchev–Trinajstić information content (AvgIpc) is 2.43. The quantitative estimate of drug-likeness (QED) is 0.798. The van der Waals surface area contributed by atoms with Crippen LogP contribution in [-0.4, -0.2) is 22.6 Å². The molecule has 2 rings (SSSR count). The van der Waals surface area contributed by atoms with Gasteiger partial charge in [-0.25, -0.2) is 9.78 Å². The minimum absolute atomic E-state index is 0.264. The van der Waals surface area contributed by atoms with E-state index in [9.17, 15) is 9.90 Å². The zero-order valence-electron chi connectivity index (χ0n) is 12.4. The van der Waals surface area contributed by atoms with Crippen LogP contribution in [0.1, 0.15) is 33.6 Å². The molecule has 4 nitrogen and oxygen atoms in total. The van der Waals surface area contributed by atoms with Gasteiger partial charge in [0.2, 0.25) is 0 Å². The maximum atomic E-state index is 11.3. The van der Waals surface area contributed by atoms with Crippen molar-refractivity contribution >= 4 is 11.8 Å². The number of carbonyl (C=O) groups is 1. The van der Waals surface area contributed by atoms with Crippen molar-refractivity contribution in [3.05, 3.63) is 58.8 Å². The second-order valence-electron chi connectivity index (χ2n) is 5.13. The molecular weight excluding hydrogens is 264 g/mol. The van der Waals surface area contributed by atoms with Gasteiger partial charge in [-0.1, -0.05) is 30.3 Å². The summed E-state index contributed by atoms with van der Waals surface area (Å²) in [5.74, 6) is -0.473. The number of benzene rings is 1. The highest BCUT2D eigenvalue weighted by Crippen LogP contribution is 2.18. The molecule has 1 aromatic heterocycles. The third-order valence-electron chi connectivity index (χ3n) is 3.34. The van der Waals surface area contributed by atoms with E-state index in [4.69, 9.17) is 0 Å². The van der Waals surface area contributed by atoms with Gasteiger partial charge in [0.1, 0.15) is 11.4 Å². The van der Waals surface area contributed by atoms with Crippen LogP contribution in [0, 0.1) is 13.8 Å². The number of aromatic nitrogens is 1. The lowest BCUT2D eigenvalue weighted by molar-refractivity contribution is 0.0697. The Morgan fingerprint density at radius 1 is 1.24 bits per heavy atom. The summed E-state index contributed by atoms with van der Waals surface area (Å²) >= 11 is 0. The molecule has 0 atom stereocenters. The van der Waals surface area contributed by atoms with Gasteiger partial charge in [0, 0.05) is 12.2 Å². The summed E-state index contributed by atoms with van der Waals surface area (Å²) in [7, 11) is 0. The summed E-state index contributed by atoms with van der Waals surface area (Å²) < 4.78 is 0. The van der Waals surface area contributed by atoms with Crippen molar-refractivity contribution in [2.45, 2.75) is 26.7 Å². The number of rotatable bonds is 6. The molecule has 0 unspecified atom stereocenters. The van der Waals surface area contributed by atoms with Crippen molar-refractivity contribution in [1.82, 2.24) is 4.98 Å². The van der Waals surface area contributed by atoms with E-state index in [1.165, 1.54) is 5.56 Å². The molecule has 0 spiro atoms. The zero-order valence-corrected chi connectivity index (χ0v) is 12.4. The van der Waals surface area contributed by atoms with Crippen molar-refractivity contribution in [1.29, 1.82) is 0 Å². The van der Waals surface area contributed by atoms with E-state index in [1.807, 2.05) is 25.1 Å². The predicted octanol–water partition coefficient (Wildman–Crippen LogP) is 3.44. The summed E-state index contributed by atoms with van der Waals surface area (Å²) in [5, 5.41) is 12.4. The third-order valence-corrected chi connectivity index (χ3v) is 3.34. The number of carboxylic acid groups (broad SMARTS) is 1. The van der Waals surface area contributed by atoms with Crippen molar-refractivity contribution in [2.75, 3.05) is 11.9 Å². The van der Waals surface area contributed by atoms with E-state index in [0.717, 1.165) is 24.1 Å². The first-order valence-corrected chi connectivity index (χ1v) is 7.07. The van der Waals surface area contributed by atoms with Crippen LogP contribution in [0.15, 0.2) is 36.4 Å². The topological polar surface area (TPSA) is 62.2 Å². The van der Waals surface area contributed by atoms with Gasteiger partial charge in [-0.05, 0) is 43.9 Å². The van der Waals surface area contributed by atoms with Crippen LogP contribution < -0.4 is 5.32 Å². The number of hydrogen-bond donors (Lipinski definition) is 2. The number of pyridine rings is 1. The van der Waals surface area contributed by atoms with Crippen molar-refractivity contribution in [2.24, 2.45) is 0 Å². The van der Waals surface area contributed by atoms with Crippen molar-refractivity contribution < 1.29 is 9.90 Å². The van der Waals surface area contributed by atoms with Gasteiger partial charge in [0.05, 0.1) is 0 Å². The summed E-state index contributed by atoms with van der Waals surface area (Å²) in [6.07, 6.45) is 1.89. The van der Waals surface area contributed by atoms with Crippen LogP contribution >= 0.6 is 0 Å². The maximum absolute atomic E-state index is 11.3. The van der Waals surface area contributed by atoms with E-state index >= 15 is 0 Å². The summed E-state index contributed by atoms with van der Waals surface area (Å²) in [5.41, 5.74) is 3.11. The maximum Gasteiger partial charge on any atom is 0.339 e. The number of carboxylic acids is 1. The predicted molar refractivity (Wildman–Crippen MR) is 83.9 cm³/mol. The van der Waals surface area contributed by atoms with Gasteiger partial charge < -0.3 is 10.4 Å². The van der Waals surface area contributed by atoms with E-state index in [-0.39, 0.29) is 5.56 Å². The highest BCUT2D eigenvalue weighted by Gasteiger charge is 2.15. The largest absolute Gasteiger partial charge is 0.478 e. The number of aryl methyl sites for hydroxylation is 3. The Morgan fingerprint density at radius 3 is 2.62 bits per heavy atom. The van der Waals surface area contributed by atoms with E-state index in [2.05, 4.69) is 22.4 Å². The fraction of sp³-hybridized carbons (Fsp3) is 0.294. The molecular formula is C17H20N2O2. The first kappa shape index (κ1) is 15.0. The Hall–Kier alpha value is -2.36. The first-order valence-electron chi connectivity index (χ1n) is 7.07. The van der Waals surface area contributed by atoms with Gasteiger partial charge in [-0.15, -0.1) is 0 Å². The first-order chi connectivity index (χ1) is 10.1. The van der Waals surface area contributed by atoms with Gasteiger partial charge in [-0.2, -0.15) is 0 Å². The standard InChI is InChI=1S/C17H20N2O2/c1-12-11-13(2)19-16(15(12)17(20)21)18-10-6-9-14-7-4-3-5-8-14/h3-5,7-8,11H,6,9-10H2,1-2H3,(H,18,19)(H,20,21). The van der Waals surface area contributed by atoms with Crippen molar-refractivity contribution in [3.63, 3.8) is 0 Å². The SMILES string of the molecule is Cc1cc(C)c(C(=O)O)c(NCCCc2ccccc2)n1. The third kappa shape index (κ3) is 4.05. The number of nitrogens with one attached hydrogen (secondary N) is 1. The average molecular weight is 284 g/mol. The molecule has 2 aromatic rings. The molecule has 0 fully saturated rings. The molecule has 0 bridgehead atoms. The Morgan fingerprint density at radius 2 is 1.95 bits per heavy atom. The van der Waals surface area contributed by atoms with Crippen LogP contribution in [0.4, 0.5) is 5.82 Å². The Bertz CT molecular complexity index is 624. The van der Waals surface area contributed by atoms with E-state index < -0.39 is 5.97 Å². The second kappa shape index (κ2) is 6.88. The van der Waals surface area contributed by atoms with Gasteiger partial charge in [0.15, 0.2) is 0 Å². The van der Waals surface area contributed by atoms with Gasteiger partial charge in [0.25, 0.3) is 0 Å². The summed E-state index contributed by atoms with van der Waals surface area (Å²) in [6.45, 7) is 4.37. The second-order valence-corrected chi connectivity index (χ2v) is 5.13. The molecule has 0 aliphatic heterocycles. The zero-order chi connectivity index (χ0) is 15.2. The molecule has 0 radical (unpaired) electrons. The van der Waals surface area contributed by atoms with E-state index in [1.54, 1.807) is 13.0 Å². The van der Waals surface area contributed by atoms with Crippen LogP contribution in [0.3, 0.4) is 0 Å². The fourth-order valence-corrected chi connectivity index (χ4v) is 2.38. The Labute approximate surface area is 124 Å². The lowest BCUT2D eigenvalue weighted by atomic mass is 10.1. The van der Waals surface area contributed by atoms with Crippen LogP contribution in [-0.2, 0) is 6.42 Å². The van der Waals surface area contributed by atoms with Crippen LogP contribution in [0.25, 0.3) is 0 Å². The summed E-state index contributed by atoms with van der Waals surface area (Å²) in [6, 6.07) is 12.0. The van der Waals surface area contributed by atoms with E-state index in [0.29, 0.717) is 12.4 Å². The van der Waals surface area contributed by atoms with Gasteiger partial charge >= 0.3 is 5.97 Å². The number of anilines is 1. The number of aromatic carboxylic acids is 1. The molecule has 0 aliphatic carbocycles. The molecule has 0 saturated carbocycles. The lowest BCUT2D eigenvalue weighted by Gasteiger charge is -2.12. The van der Waals surface area contributed by atoms with Crippen LogP contribution in [0.5, 0.6) is 0 Å². The molecule has 1 heterocycles. The smallest absolute Gasteiger partial charge is 0.339 e. The van der Waals surface area contributed by atoms with Gasteiger partial charge in [-0.3, -0.25) is 0 Å². The minimum atomic E-state index is -0.939. The number of hydrogen-bond acceptors (Lipinski definition) is 3. The normalized spacial score (nSPS) is 10.4. The highest BCUT2D eigenvalue weighted by molar-refractivity contribution is 5.94. The minimum Gasteiger partial charge on any atom is -0.478 e. The molecule has 0 aliphatic rings. The monoisotopic (exact) mass is 284 g/mol. The Balaban J connectivity index is 1.98. The number of nitrogens with zero attached hydrogens (tertiary/aromatic N) is 1. The fourth-order valence-electron chi connectivity index (χ4n) is 2.38. The molecule has 4 heteroatoms. The van der Waals surface area contributed by atoms with Crippen LogP contribution in [0.2, 0.25) is 0 Å². The molecule has 110 valence electrons. The lowest BCUT2D eigenvalue weighted by Crippen LogP contribution is -2.12. The molecule has 0 amide bonds. The highest BCUT2D eigenvalue weighted by atomic mass is 16.4. The van der Waals surface area contributed by atoms with Crippen molar-refractivity contribution in [3.8, 4) is 0 Å².